The lowest BCUT2D eigenvalue weighted by Gasteiger charge is -2.13. The summed E-state index contributed by atoms with van der Waals surface area (Å²) in [6.07, 6.45) is -4.22. The third-order valence-electron chi connectivity index (χ3n) is 2.04. The predicted octanol–water partition coefficient (Wildman–Crippen LogP) is 2.27. The van der Waals surface area contributed by atoms with Crippen molar-refractivity contribution in [3.63, 3.8) is 0 Å². The van der Waals surface area contributed by atoms with Gasteiger partial charge in [-0.3, -0.25) is 0 Å². The van der Waals surface area contributed by atoms with Gasteiger partial charge in [0.05, 0.1) is 6.61 Å². The van der Waals surface area contributed by atoms with Crippen LogP contribution >= 0.6 is 0 Å². The zero-order chi connectivity index (χ0) is 12.9. The molecule has 2 nitrogen and oxygen atoms in total. The number of rotatable bonds is 5. The molecule has 0 fully saturated rings. The quantitative estimate of drug-likeness (QED) is 0.815. The van der Waals surface area contributed by atoms with E-state index in [2.05, 4.69) is 4.74 Å². The van der Waals surface area contributed by atoms with Crippen LogP contribution < -0.4 is 5.73 Å². The minimum atomic E-state index is -4.36. The largest absolute Gasteiger partial charge is 0.411 e. The van der Waals surface area contributed by atoms with Crippen LogP contribution in [0.15, 0.2) is 24.3 Å². The predicted molar refractivity (Wildman–Crippen MR) is 55.0 cm³/mol. The van der Waals surface area contributed by atoms with Gasteiger partial charge in [0.2, 0.25) is 0 Å². The van der Waals surface area contributed by atoms with Crippen molar-refractivity contribution in [1.29, 1.82) is 0 Å². The Morgan fingerprint density at radius 2 is 1.88 bits per heavy atom. The summed E-state index contributed by atoms with van der Waals surface area (Å²) in [6, 6.07) is 5.33. The fraction of sp³-hybridized carbons (Fsp3) is 0.455. The summed E-state index contributed by atoms with van der Waals surface area (Å²) >= 11 is 0. The molecule has 0 aliphatic carbocycles. The Balaban J connectivity index is 2.35. The Hall–Kier alpha value is -1.14. The minimum Gasteiger partial charge on any atom is -0.370 e. The SMILES string of the molecule is NC(COCC(F)(F)F)Cc1ccccc1F. The van der Waals surface area contributed by atoms with Crippen LogP contribution in [0.5, 0.6) is 0 Å². The van der Waals surface area contributed by atoms with Crippen molar-refractivity contribution in [3.05, 3.63) is 35.6 Å². The summed E-state index contributed by atoms with van der Waals surface area (Å²) in [4.78, 5) is 0. The van der Waals surface area contributed by atoms with Crippen molar-refractivity contribution in [2.75, 3.05) is 13.2 Å². The van der Waals surface area contributed by atoms with Crippen LogP contribution in [0.4, 0.5) is 17.6 Å². The van der Waals surface area contributed by atoms with E-state index >= 15 is 0 Å². The van der Waals surface area contributed by atoms with Crippen molar-refractivity contribution in [3.8, 4) is 0 Å². The van der Waals surface area contributed by atoms with Crippen molar-refractivity contribution < 1.29 is 22.3 Å². The molecule has 0 aliphatic rings. The molecule has 1 atom stereocenters. The molecular weight excluding hydrogens is 238 g/mol. The molecule has 0 aromatic heterocycles. The minimum absolute atomic E-state index is 0.143. The summed E-state index contributed by atoms with van der Waals surface area (Å²) in [7, 11) is 0. The number of benzene rings is 1. The van der Waals surface area contributed by atoms with Gasteiger partial charge in [0.1, 0.15) is 12.4 Å². The van der Waals surface area contributed by atoms with Gasteiger partial charge in [-0.25, -0.2) is 4.39 Å². The maximum absolute atomic E-state index is 13.2. The number of alkyl halides is 3. The molecule has 1 unspecified atom stereocenters. The molecule has 0 saturated heterocycles. The lowest BCUT2D eigenvalue weighted by atomic mass is 10.1. The van der Waals surface area contributed by atoms with Crippen molar-refractivity contribution in [1.82, 2.24) is 0 Å². The molecular formula is C11H13F4NO. The molecule has 0 amide bonds. The van der Waals surface area contributed by atoms with E-state index in [-0.39, 0.29) is 13.0 Å². The third-order valence-corrected chi connectivity index (χ3v) is 2.04. The van der Waals surface area contributed by atoms with Crippen LogP contribution in [0.3, 0.4) is 0 Å². The fourth-order valence-corrected chi connectivity index (χ4v) is 1.33. The lowest BCUT2D eigenvalue weighted by molar-refractivity contribution is -0.174. The molecule has 1 aromatic carbocycles. The molecule has 0 heterocycles. The van der Waals surface area contributed by atoms with Gasteiger partial charge in [0, 0.05) is 6.04 Å². The van der Waals surface area contributed by atoms with Gasteiger partial charge in [-0.15, -0.1) is 0 Å². The molecule has 1 rings (SSSR count). The average molecular weight is 251 g/mol. The first-order valence-corrected chi connectivity index (χ1v) is 5.02. The van der Waals surface area contributed by atoms with Crippen LogP contribution in [-0.2, 0) is 11.2 Å². The van der Waals surface area contributed by atoms with Gasteiger partial charge in [0.25, 0.3) is 0 Å². The van der Waals surface area contributed by atoms with E-state index in [1.54, 1.807) is 12.1 Å². The third kappa shape index (κ3) is 5.65. The Morgan fingerprint density at radius 1 is 1.24 bits per heavy atom. The van der Waals surface area contributed by atoms with Gasteiger partial charge in [-0.05, 0) is 18.1 Å². The molecule has 17 heavy (non-hydrogen) atoms. The van der Waals surface area contributed by atoms with Gasteiger partial charge in [0.15, 0.2) is 0 Å². The first-order valence-electron chi connectivity index (χ1n) is 5.02. The average Bonchev–Trinajstić information content (AvgIpc) is 2.19. The molecule has 1 aromatic rings. The van der Waals surface area contributed by atoms with Gasteiger partial charge < -0.3 is 10.5 Å². The first kappa shape index (κ1) is 13.9. The Morgan fingerprint density at radius 3 is 2.47 bits per heavy atom. The second-order valence-corrected chi connectivity index (χ2v) is 3.69. The maximum Gasteiger partial charge on any atom is 0.411 e. The highest BCUT2D eigenvalue weighted by molar-refractivity contribution is 5.18. The van der Waals surface area contributed by atoms with E-state index in [0.717, 1.165) is 0 Å². The Labute approximate surface area is 96.4 Å². The van der Waals surface area contributed by atoms with Gasteiger partial charge >= 0.3 is 6.18 Å². The summed E-state index contributed by atoms with van der Waals surface area (Å²) in [6.45, 7) is -1.59. The van der Waals surface area contributed by atoms with Crippen molar-refractivity contribution >= 4 is 0 Å². The summed E-state index contributed by atoms with van der Waals surface area (Å²) in [5.41, 5.74) is 5.92. The smallest absolute Gasteiger partial charge is 0.370 e. The Kier molecular flexibility index (Phi) is 4.89. The van der Waals surface area contributed by atoms with Crippen LogP contribution in [0, 0.1) is 5.82 Å². The van der Waals surface area contributed by atoms with E-state index in [0.29, 0.717) is 5.56 Å². The summed E-state index contributed by atoms with van der Waals surface area (Å²) < 4.78 is 52.9. The van der Waals surface area contributed by atoms with E-state index in [1.165, 1.54) is 12.1 Å². The number of ether oxygens (including phenoxy) is 1. The highest BCUT2D eigenvalue weighted by atomic mass is 19.4. The molecule has 0 radical (unpaired) electrons. The molecule has 0 aliphatic heterocycles. The monoisotopic (exact) mass is 251 g/mol. The number of nitrogens with two attached hydrogens (primary N) is 1. The van der Waals surface area contributed by atoms with E-state index in [9.17, 15) is 17.6 Å². The number of hydrogen-bond acceptors (Lipinski definition) is 2. The van der Waals surface area contributed by atoms with Crippen LogP contribution in [0.25, 0.3) is 0 Å². The molecule has 0 saturated carbocycles. The normalized spacial score (nSPS) is 13.7. The molecule has 0 bridgehead atoms. The fourth-order valence-electron chi connectivity index (χ4n) is 1.33. The summed E-state index contributed by atoms with van der Waals surface area (Å²) in [5.74, 6) is -0.418. The molecule has 2 N–H and O–H groups in total. The van der Waals surface area contributed by atoms with Crippen LogP contribution in [0.1, 0.15) is 5.56 Å². The second kappa shape index (κ2) is 5.97. The van der Waals surface area contributed by atoms with Gasteiger partial charge in [-0.2, -0.15) is 13.2 Å². The zero-order valence-corrected chi connectivity index (χ0v) is 9.01. The topological polar surface area (TPSA) is 35.2 Å². The van der Waals surface area contributed by atoms with E-state index in [4.69, 9.17) is 5.73 Å². The number of hydrogen-bond donors (Lipinski definition) is 1. The Bertz CT molecular complexity index is 354. The first-order chi connectivity index (χ1) is 7.88. The molecule has 6 heteroatoms. The standard InChI is InChI=1S/C11H13F4NO/c12-10-4-2-1-3-8(10)5-9(16)6-17-7-11(13,14)15/h1-4,9H,5-7,16H2. The van der Waals surface area contributed by atoms with Gasteiger partial charge in [-0.1, -0.05) is 18.2 Å². The van der Waals surface area contributed by atoms with Crippen LogP contribution in [0.2, 0.25) is 0 Å². The van der Waals surface area contributed by atoms with E-state index in [1.807, 2.05) is 0 Å². The molecule has 0 spiro atoms. The highest BCUT2D eigenvalue weighted by Crippen LogP contribution is 2.15. The molecule has 96 valence electrons. The lowest BCUT2D eigenvalue weighted by Crippen LogP contribution is -2.31. The van der Waals surface area contributed by atoms with Crippen molar-refractivity contribution in [2.45, 2.75) is 18.6 Å². The second-order valence-electron chi connectivity index (χ2n) is 3.69. The number of halogens is 4. The summed E-state index contributed by atoms with van der Waals surface area (Å²) in [5, 5.41) is 0. The maximum atomic E-state index is 13.2. The highest BCUT2D eigenvalue weighted by Gasteiger charge is 2.27. The van der Waals surface area contributed by atoms with Crippen LogP contribution in [-0.4, -0.2) is 25.4 Å². The van der Waals surface area contributed by atoms with E-state index < -0.39 is 24.6 Å². The zero-order valence-electron chi connectivity index (χ0n) is 9.01. The van der Waals surface area contributed by atoms with Crippen molar-refractivity contribution in [2.24, 2.45) is 5.73 Å².